The van der Waals surface area contributed by atoms with Gasteiger partial charge in [-0.25, -0.2) is 9.78 Å². The second kappa shape index (κ2) is 5.13. The lowest BCUT2D eigenvalue weighted by Gasteiger charge is -2.33. The van der Waals surface area contributed by atoms with Crippen molar-refractivity contribution in [1.82, 2.24) is 4.98 Å². The quantitative estimate of drug-likeness (QED) is 0.914. The number of carboxylic acid groups (broad SMARTS) is 1. The zero-order valence-electron chi connectivity index (χ0n) is 10.4. The van der Waals surface area contributed by atoms with E-state index in [4.69, 9.17) is 4.74 Å². The number of nitrogens with zero attached hydrogens (tertiary/aromatic N) is 2. The van der Waals surface area contributed by atoms with E-state index in [1.165, 1.54) is 0 Å². The van der Waals surface area contributed by atoms with Crippen LogP contribution in [0.5, 0.6) is 5.75 Å². The van der Waals surface area contributed by atoms with E-state index in [-0.39, 0.29) is 6.54 Å². The molecule has 1 N–H and O–H groups in total. The van der Waals surface area contributed by atoms with E-state index in [0.717, 1.165) is 10.2 Å². The zero-order chi connectivity index (χ0) is 14.1. The molecule has 0 radical (unpaired) electrons. The van der Waals surface area contributed by atoms with Crippen molar-refractivity contribution >= 4 is 33.4 Å². The number of aliphatic carboxylic acids is 1. The molecule has 3 rings (SSSR count). The maximum Gasteiger partial charge on any atom is 0.346 e. The summed E-state index contributed by atoms with van der Waals surface area (Å²) in [6, 6.07) is 11.1. The summed E-state index contributed by atoms with van der Waals surface area (Å²) in [5, 5.41) is 9.19. The Kier molecular flexibility index (Phi) is 3.31. The lowest BCUT2D eigenvalue weighted by atomic mass is 10.2. The Morgan fingerprint density at radius 1 is 1.35 bits per heavy atom. The van der Waals surface area contributed by atoms with Gasteiger partial charge in [-0.15, -0.1) is 0 Å². The molecule has 1 atom stereocenters. The van der Waals surface area contributed by atoms with Crippen LogP contribution in [0, 0.1) is 0 Å². The summed E-state index contributed by atoms with van der Waals surface area (Å²) < 4.78 is 6.36. The molecule has 0 aliphatic carbocycles. The number of rotatable bonds is 2. The van der Waals surface area contributed by atoms with E-state index in [2.05, 4.69) is 20.9 Å². The molecule has 0 saturated carbocycles. The van der Waals surface area contributed by atoms with Gasteiger partial charge < -0.3 is 14.7 Å². The van der Waals surface area contributed by atoms with E-state index in [1.54, 1.807) is 12.3 Å². The summed E-state index contributed by atoms with van der Waals surface area (Å²) in [5.74, 6) is 0.257. The number of carbonyl (C=O) groups is 1. The van der Waals surface area contributed by atoms with Crippen molar-refractivity contribution in [3.63, 3.8) is 0 Å². The van der Waals surface area contributed by atoms with Gasteiger partial charge in [0.1, 0.15) is 11.6 Å². The minimum absolute atomic E-state index is 0.223. The number of ether oxygens (including phenoxy) is 1. The van der Waals surface area contributed by atoms with Crippen LogP contribution in [0.1, 0.15) is 0 Å². The summed E-state index contributed by atoms with van der Waals surface area (Å²) >= 11 is 3.34. The monoisotopic (exact) mass is 334 g/mol. The third-order valence-electron chi connectivity index (χ3n) is 3.04. The molecule has 2 aromatic rings. The Morgan fingerprint density at radius 2 is 2.15 bits per heavy atom. The molecule has 2 heterocycles. The number of hydrogen-bond donors (Lipinski definition) is 1. The molecular weight excluding hydrogens is 324 g/mol. The molecule has 1 aliphatic rings. The molecule has 1 aromatic carbocycles. The van der Waals surface area contributed by atoms with Gasteiger partial charge in [-0.05, 0) is 40.2 Å². The Hall–Kier alpha value is -2.08. The van der Waals surface area contributed by atoms with Gasteiger partial charge in [0.2, 0.25) is 6.10 Å². The van der Waals surface area contributed by atoms with E-state index in [0.29, 0.717) is 11.6 Å². The van der Waals surface area contributed by atoms with Crippen molar-refractivity contribution in [2.24, 2.45) is 0 Å². The minimum Gasteiger partial charge on any atom is -0.478 e. The first-order chi connectivity index (χ1) is 9.65. The second-order valence-electron chi connectivity index (χ2n) is 4.36. The van der Waals surface area contributed by atoms with Gasteiger partial charge in [-0.2, -0.15) is 0 Å². The molecule has 0 amide bonds. The number of aromatic nitrogens is 1. The van der Waals surface area contributed by atoms with Crippen LogP contribution in [0.4, 0.5) is 11.5 Å². The maximum absolute atomic E-state index is 11.2. The van der Waals surface area contributed by atoms with Gasteiger partial charge >= 0.3 is 5.97 Å². The number of halogens is 1. The zero-order valence-corrected chi connectivity index (χ0v) is 11.9. The van der Waals surface area contributed by atoms with Gasteiger partial charge in [0.15, 0.2) is 0 Å². The summed E-state index contributed by atoms with van der Waals surface area (Å²) in [4.78, 5) is 17.4. The van der Waals surface area contributed by atoms with Crippen molar-refractivity contribution in [3.8, 4) is 5.75 Å². The smallest absolute Gasteiger partial charge is 0.346 e. The van der Waals surface area contributed by atoms with Gasteiger partial charge in [-0.3, -0.25) is 0 Å². The predicted octanol–water partition coefficient (Wildman–Crippen LogP) is 2.83. The van der Waals surface area contributed by atoms with Gasteiger partial charge in [0.05, 0.1) is 12.2 Å². The van der Waals surface area contributed by atoms with E-state index in [1.807, 2.05) is 35.2 Å². The van der Waals surface area contributed by atoms with Gasteiger partial charge in [0.25, 0.3) is 0 Å². The third kappa shape index (κ3) is 2.34. The summed E-state index contributed by atoms with van der Waals surface area (Å²) in [6.45, 7) is 0.223. The average Bonchev–Trinajstić information content (AvgIpc) is 2.47. The van der Waals surface area contributed by atoms with Crippen molar-refractivity contribution < 1.29 is 14.6 Å². The molecule has 0 saturated heterocycles. The number of fused-ring (bicyclic) bond motifs is 1. The molecule has 102 valence electrons. The molecule has 0 spiro atoms. The number of anilines is 2. The van der Waals surface area contributed by atoms with Gasteiger partial charge in [-0.1, -0.05) is 12.1 Å². The Morgan fingerprint density at radius 3 is 2.85 bits per heavy atom. The second-order valence-corrected chi connectivity index (χ2v) is 5.27. The van der Waals surface area contributed by atoms with Crippen molar-refractivity contribution in [1.29, 1.82) is 0 Å². The number of benzene rings is 1. The van der Waals surface area contributed by atoms with Crippen LogP contribution < -0.4 is 9.64 Å². The fourth-order valence-electron chi connectivity index (χ4n) is 2.11. The fourth-order valence-corrected chi connectivity index (χ4v) is 2.34. The van der Waals surface area contributed by atoms with E-state index in [9.17, 15) is 9.90 Å². The first kappa shape index (κ1) is 12.9. The minimum atomic E-state index is -0.985. The highest BCUT2D eigenvalue weighted by Crippen LogP contribution is 2.37. The van der Waals surface area contributed by atoms with E-state index >= 15 is 0 Å². The largest absolute Gasteiger partial charge is 0.478 e. The summed E-state index contributed by atoms with van der Waals surface area (Å²) in [6.07, 6.45) is 0.777. The first-order valence-corrected chi connectivity index (χ1v) is 6.82. The van der Waals surface area contributed by atoms with Gasteiger partial charge in [0, 0.05) is 10.7 Å². The van der Waals surface area contributed by atoms with Crippen molar-refractivity contribution in [2.75, 3.05) is 11.4 Å². The molecule has 6 heteroatoms. The maximum atomic E-state index is 11.2. The van der Waals surface area contributed by atoms with E-state index < -0.39 is 12.1 Å². The molecule has 1 aromatic heterocycles. The molecule has 20 heavy (non-hydrogen) atoms. The van der Waals surface area contributed by atoms with Crippen molar-refractivity contribution in [2.45, 2.75) is 6.10 Å². The highest BCUT2D eigenvalue weighted by molar-refractivity contribution is 9.10. The molecule has 0 bridgehead atoms. The topological polar surface area (TPSA) is 62.7 Å². The highest BCUT2D eigenvalue weighted by atomic mass is 79.9. The first-order valence-electron chi connectivity index (χ1n) is 6.03. The van der Waals surface area contributed by atoms with Crippen LogP contribution in [0.25, 0.3) is 0 Å². The van der Waals surface area contributed by atoms with Crippen LogP contribution in [0.2, 0.25) is 0 Å². The number of pyridine rings is 1. The summed E-state index contributed by atoms with van der Waals surface area (Å²) in [7, 11) is 0. The fraction of sp³-hybridized carbons (Fsp3) is 0.143. The SMILES string of the molecule is O=C(O)C1CN(c2ccc(Br)cn2)c2ccccc2O1. The number of para-hydroxylation sites is 2. The van der Waals surface area contributed by atoms with Crippen LogP contribution in [-0.4, -0.2) is 28.7 Å². The molecule has 5 nitrogen and oxygen atoms in total. The highest BCUT2D eigenvalue weighted by Gasteiger charge is 2.31. The molecular formula is C14H11BrN2O3. The Balaban J connectivity index is 2.04. The lowest BCUT2D eigenvalue weighted by molar-refractivity contribution is -0.144. The van der Waals surface area contributed by atoms with Crippen LogP contribution in [-0.2, 0) is 4.79 Å². The third-order valence-corrected chi connectivity index (χ3v) is 3.51. The lowest BCUT2D eigenvalue weighted by Crippen LogP contribution is -2.42. The Labute approximate surface area is 123 Å². The Bertz CT molecular complexity index is 645. The number of carboxylic acids is 1. The summed E-state index contributed by atoms with van der Waals surface area (Å²) in [5.41, 5.74) is 0.819. The number of hydrogen-bond acceptors (Lipinski definition) is 4. The standard InChI is InChI=1S/C14H11BrN2O3/c15-9-5-6-13(16-7-9)17-8-12(14(18)19)20-11-4-2-1-3-10(11)17/h1-7,12H,8H2,(H,18,19). The average molecular weight is 335 g/mol. The molecule has 1 unspecified atom stereocenters. The van der Waals surface area contributed by atoms with Crippen LogP contribution >= 0.6 is 15.9 Å². The predicted molar refractivity (Wildman–Crippen MR) is 77.4 cm³/mol. The van der Waals surface area contributed by atoms with Crippen LogP contribution in [0.3, 0.4) is 0 Å². The molecule has 1 aliphatic heterocycles. The molecule has 0 fully saturated rings. The van der Waals surface area contributed by atoms with Crippen molar-refractivity contribution in [3.05, 3.63) is 47.1 Å². The van der Waals surface area contributed by atoms with Crippen LogP contribution in [0.15, 0.2) is 47.1 Å². The normalized spacial score (nSPS) is 17.2.